The first-order valence-electron chi connectivity index (χ1n) is 8.24. The summed E-state index contributed by atoms with van der Waals surface area (Å²) in [7, 11) is 1.92. The molecule has 1 N–H and O–H groups in total. The van der Waals surface area contributed by atoms with Crippen molar-refractivity contribution in [2.45, 2.75) is 38.1 Å². The summed E-state index contributed by atoms with van der Waals surface area (Å²) in [5, 5.41) is 8.93. The Kier molecular flexibility index (Phi) is 5.27. The number of benzene rings is 1. The lowest BCUT2D eigenvalue weighted by molar-refractivity contribution is 0.418. The molecule has 1 aromatic carbocycles. The highest BCUT2D eigenvalue weighted by molar-refractivity contribution is 6.31. The number of fused-ring (bicyclic) bond motifs is 1. The van der Waals surface area contributed by atoms with Crippen molar-refractivity contribution >= 4 is 34.9 Å². The molecule has 0 spiro atoms. The Morgan fingerprint density at radius 2 is 2.08 bits per heavy atom. The van der Waals surface area contributed by atoms with Crippen LogP contribution in [-0.2, 0) is 6.42 Å². The van der Waals surface area contributed by atoms with Crippen LogP contribution in [0.5, 0.6) is 0 Å². The highest BCUT2D eigenvalue weighted by Crippen LogP contribution is 2.41. The smallest absolute Gasteiger partial charge is 0.258 e. The van der Waals surface area contributed by atoms with Gasteiger partial charge >= 0.3 is 0 Å². The maximum absolute atomic E-state index is 6.18. The Bertz CT molecular complexity index is 892. The van der Waals surface area contributed by atoms with Crippen molar-refractivity contribution in [3.8, 4) is 11.5 Å². The summed E-state index contributed by atoms with van der Waals surface area (Å²) in [6.45, 7) is 2.09. The molecule has 0 bridgehead atoms. The van der Waals surface area contributed by atoms with Crippen molar-refractivity contribution < 1.29 is 4.52 Å². The molecule has 1 atom stereocenters. The Hall–Kier alpha value is -1.69. The second-order valence-electron chi connectivity index (χ2n) is 6.44. The van der Waals surface area contributed by atoms with Crippen LogP contribution >= 0.6 is 24.0 Å². The number of hydrogen-bond acceptors (Lipinski definition) is 5. The van der Waals surface area contributed by atoms with Crippen LogP contribution in [0.25, 0.3) is 22.4 Å². The number of pyridine rings is 1. The zero-order valence-electron chi connectivity index (χ0n) is 14.1. The molecule has 2 heterocycles. The average Bonchev–Trinajstić information content (AvgIpc) is 3.34. The molecule has 7 heteroatoms. The standard InChI is InChI=1S/C18H19ClN4O.ClH/c1-10(20-2)7-17-22-18(24-23-17)14-9-16(11-3-4-11)21-15-6-5-12(19)8-13(14)15;/h5-6,8-11,20H,3-4,7H2,1-2H3;1H. The Morgan fingerprint density at radius 1 is 1.28 bits per heavy atom. The van der Waals surface area contributed by atoms with E-state index in [4.69, 9.17) is 21.1 Å². The van der Waals surface area contributed by atoms with Crippen molar-refractivity contribution in [2.75, 3.05) is 7.05 Å². The third-order valence-electron chi connectivity index (χ3n) is 4.47. The highest BCUT2D eigenvalue weighted by Gasteiger charge is 2.27. The summed E-state index contributed by atoms with van der Waals surface area (Å²) >= 11 is 6.18. The summed E-state index contributed by atoms with van der Waals surface area (Å²) in [6, 6.07) is 8.10. The lowest BCUT2D eigenvalue weighted by Crippen LogP contribution is -2.24. The lowest BCUT2D eigenvalue weighted by atomic mass is 10.1. The van der Waals surface area contributed by atoms with Crippen molar-refractivity contribution in [2.24, 2.45) is 0 Å². The number of nitrogens with one attached hydrogen (secondary N) is 1. The number of aromatic nitrogens is 3. The van der Waals surface area contributed by atoms with Crippen LogP contribution in [-0.4, -0.2) is 28.2 Å². The summed E-state index contributed by atoms with van der Waals surface area (Å²) in [5.41, 5.74) is 2.94. The van der Waals surface area contributed by atoms with Gasteiger partial charge in [0.15, 0.2) is 5.82 Å². The van der Waals surface area contributed by atoms with Crippen LogP contribution in [0.4, 0.5) is 0 Å². The molecular weight excluding hydrogens is 359 g/mol. The predicted molar refractivity (Wildman–Crippen MR) is 101 cm³/mol. The maximum atomic E-state index is 6.18. The molecule has 0 aliphatic heterocycles. The second kappa shape index (κ2) is 7.28. The van der Waals surface area contributed by atoms with Crippen LogP contribution in [0, 0.1) is 0 Å². The summed E-state index contributed by atoms with van der Waals surface area (Å²) < 4.78 is 5.54. The first-order valence-corrected chi connectivity index (χ1v) is 8.62. The monoisotopic (exact) mass is 378 g/mol. The molecule has 25 heavy (non-hydrogen) atoms. The first-order chi connectivity index (χ1) is 11.6. The van der Waals surface area contributed by atoms with Gasteiger partial charge in [-0.15, -0.1) is 12.4 Å². The molecule has 1 fully saturated rings. The van der Waals surface area contributed by atoms with Gasteiger partial charge in [0.05, 0.1) is 11.1 Å². The van der Waals surface area contributed by atoms with Gasteiger partial charge in [-0.3, -0.25) is 4.98 Å². The predicted octanol–water partition coefficient (Wildman–Crippen LogP) is 4.39. The lowest BCUT2D eigenvalue weighted by Gasteiger charge is -2.07. The van der Waals surface area contributed by atoms with Crippen molar-refractivity contribution in [3.05, 3.63) is 40.8 Å². The molecule has 2 aromatic heterocycles. The van der Waals surface area contributed by atoms with Gasteiger partial charge in [0.1, 0.15) is 0 Å². The summed E-state index contributed by atoms with van der Waals surface area (Å²) in [4.78, 5) is 9.35. The zero-order chi connectivity index (χ0) is 16.7. The normalized spacial score (nSPS) is 15.2. The first kappa shape index (κ1) is 18.1. The number of halogens is 2. The molecule has 5 nitrogen and oxygen atoms in total. The highest BCUT2D eigenvalue weighted by atomic mass is 35.5. The van der Waals surface area contributed by atoms with Crippen molar-refractivity contribution in [1.29, 1.82) is 0 Å². The molecule has 1 aliphatic carbocycles. The summed E-state index contributed by atoms with van der Waals surface area (Å²) in [6.07, 6.45) is 3.11. The number of rotatable bonds is 5. The van der Waals surface area contributed by atoms with Gasteiger partial charge < -0.3 is 9.84 Å². The van der Waals surface area contributed by atoms with Crippen molar-refractivity contribution in [1.82, 2.24) is 20.4 Å². The third-order valence-corrected chi connectivity index (χ3v) is 4.70. The van der Waals surface area contributed by atoms with Gasteiger partial charge in [0.25, 0.3) is 5.89 Å². The van der Waals surface area contributed by atoms with Crippen LogP contribution in [0.2, 0.25) is 5.02 Å². The van der Waals surface area contributed by atoms with Crippen LogP contribution in [0.1, 0.15) is 37.2 Å². The second-order valence-corrected chi connectivity index (χ2v) is 6.88. The summed E-state index contributed by atoms with van der Waals surface area (Å²) in [5.74, 6) is 1.78. The zero-order valence-corrected chi connectivity index (χ0v) is 15.7. The quantitative estimate of drug-likeness (QED) is 0.713. The molecule has 132 valence electrons. The van der Waals surface area contributed by atoms with E-state index in [0.29, 0.717) is 28.7 Å². The number of likely N-dealkylation sites (N-methyl/N-ethyl adjacent to an activating group) is 1. The van der Waals surface area contributed by atoms with Gasteiger partial charge in [0, 0.05) is 34.5 Å². The van der Waals surface area contributed by atoms with Gasteiger partial charge in [0.2, 0.25) is 0 Å². The molecular formula is C18H20Cl2N4O. The van der Waals surface area contributed by atoms with E-state index < -0.39 is 0 Å². The number of nitrogens with zero attached hydrogens (tertiary/aromatic N) is 3. The Labute approximate surface area is 157 Å². The average molecular weight is 379 g/mol. The van der Waals surface area contributed by atoms with E-state index in [2.05, 4.69) is 28.4 Å². The molecule has 3 aromatic rings. The number of hydrogen-bond donors (Lipinski definition) is 1. The van der Waals surface area contributed by atoms with Crippen LogP contribution in [0.15, 0.2) is 28.8 Å². The van der Waals surface area contributed by atoms with E-state index in [9.17, 15) is 0 Å². The Balaban J connectivity index is 0.00000182. The molecule has 1 aliphatic rings. The molecule has 1 unspecified atom stereocenters. The molecule has 4 rings (SSSR count). The van der Waals surface area contributed by atoms with Gasteiger partial charge in [-0.2, -0.15) is 4.98 Å². The molecule has 0 radical (unpaired) electrons. The molecule has 0 saturated heterocycles. The minimum atomic E-state index is 0. The van der Waals surface area contributed by atoms with E-state index in [1.807, 2.05) is 25.2 Å². The SMILES string of the molecule is CNC(C)Cc1noc(-c2cc(C3CC3)nc3ccc(Cl)cc23)n1.Cl. The molecule has 0 amide bonds. The van der Waals surface area contributed by atoms with Gasteiger partial charge in [-0.1, -0.05) is 16.8 Å². The van der Waals surface area contributed by atoms with Crippen LogP contribution < -0.4 is 5.32 Å². The minimum Gasteiger partial charge on any atom is -0.334 e. The van der Waals surface area contributed by atoms with Gasteiger partial charge in [-0.05, 0) is 51.1 Å². The molecule has 1 saturated carbocycles. The fourth-order valence-electron chi connectivity index (χ4n) is 2.81. The minimum absolute atomic E-state index is 0. The van der Waals surface area contributed by atoms with Crippen molar-refractivity contribution in [3.63, 3.8) is 0 Å². The fraction of sp³-hybridized carbons (Fsp3) is 0.389. The topological polar surface area (TPSA) is 63.8 Å². The fourth-order valence-corrected chi connectivity index (χ4v) is 2.98. The van der Waals surface area contributed by atoms with E-state index in [1.54, 1.807) is 0 Å². The van der Waals surface area contributed by atoms with E-state index >= 15 is 0 Å². The third kappa shape index (κ3) is 3.78. The van der Waals surface area contributed by atoms with Gasteiger partial charge in [-0.25, -0.2) is 0 Å². The van der Waals surface area contributed by atoms with E-state index in [0.717, 1.165) is 28.6 Å². The maximum Gasteiger partial charge on any atom is 0.258 e. The van der Waals surface area contributed by atoms with E-state index in [-0.39, 0.29) is 12.4 Å². The largest absolute Gasteiger partial charge is 0.334 e. The Morgan fingerprint density at radius 3 is 2.80 bits per heavy atom. The van der Waals surface area contributed by atoms with E-state index in [1.165, 1.54) is 12.8 Å². The van der Waals surface area contributed by atoms with Crippen LogP contribution in [0.3, 0.4) is 0 Å².